The van der Waals surface area contributed by atoms with Gasteiger partial charge in [-0.25, -0.2) is 0 Å². The minimum atomic E-state index is 0.398. The number of carbonyl (C=O) groups excluding carboxylic acids is 1. The van der Waals surface area contributed by atoms with Gasteiger partial charge in [0.1, 0.15) is 5.78 Å². The summed E-state index contributed by atoms with van der Waals surface area (Å²) >= 11 is 2.31. The van der Waals surface area contributed by atoms with Crippen LogP contribution in [0.15, 0.2) is 24.3 Å². The summed E-state index contributed by atoms with van der Waals surface area (Å²) in [6.07, 6.45) is 9.91. The maximum Gasteiger partial charge on any atom is 0.137 e. The molecule has 4 bridgehead atoms. The highest BCUT2D eigenvalue weighted by molar-refractivity contribution is 14.1. The number of ketones is 1. The molecule has 0 atom stereocenters. The zero-order valence-electron chi connectivity index (χ0n) is 12.5. The van der Waals surface area contributed by atoms with Gasteiger partial charge in [0.2, 0.25) is 0 Å². The lowest BCUT2D eigenvalue weighted by molar-refractivity contribution is -0.126. The summed E-state index contributed by atoms with van der Waals surface area (Å²) in [6.45, 7) is 0. The summed E-state index contributed by atoms with van der Waals surface area (Å²) < 4.78 is 1.24. The van der Waals surface area contributed by atoms with Crippen molar-refractivity contribution in [1.82, 2.24) is 0 Å². The molecule has 0 unspecified atom stereocenters. The van der Waals surface area contributed by atoms with Gasteiger partial charge in [0, 0.05) is 16.4 Å². The summed E-state index contributed by atoms with van der Waals surface area (Å²) in [5.41, 5.74) is 1.58. The fraction of sp³-hybridized carbons (Fsp3) is 0.632. The monoisotopic (exact) mass is 394 g/mol. The van der Waals surface area contributed by atoms with Crippen LogP contribution in [0, 0.1) is 26.7 Å². The van der Waals surface area contributed by atoms with Gasteiger partial charge in [-0.05, 0) is 102 Å². The molecule has 112 valence electrons. The molecule has 4 fully saturated rings. The first-order valence-electron chi connectivity index (χ1n) is 8.36. The average molecular weight is 394 g/mol. The molecule has 1 nitrogen and oxygen atoms in total. The lowest BCUT2D eigenvalue weighted by Gasteiger charge is -2.56. The number of rotatable bonds is 4. The predicted octanol–water partition coefficient (Wildman–Crippen LogP) is 5.01. The van der Waals surface area contributed by atoms with E-state index in [0.29, 0.717) is 17.6 Å². The molecule has 1 aromatic rings. The van der Waals surface area contributed by atoms with E-state index in [-0.39, 0.29) is 0 Å². The molecule has 0 heterocycles. The van der Waals surface area contributed by atoms with E-state index in [4.69, 9.17) is 0 Å². The van der Waals surface area contributed by atoms with Crippen LogP contribution in [0.2, 0.25) is 0 Å². The summed E-state index contributed by atoms with van der Waals surface area (Å²) in [4.78, 5) is 12.6. The van der Waals surface area contributed by atoms with Crippen molar-refractivity contribution in [1.29, 1.82) is 0 Å². The molecule has 4 aliphatic rings. The second-order valence-electron chi connectivity index (χ2n) is 7.94. The Morgan fingerprint density at radius 3 is 2.05 bits per heavy atom. The van der Waals surface area contributed by atoms with Gasteiger partial charge in [0.15, 0.2) is 0 Å². The number of carbonyl (C=O) groups is 1. The first kappa shape index (κ1) is 14.2. The molecule has 0 radical (unpaired) electrons. The first-order valence-corrected chi connectivity index (χ1v) is 9.44. The zero-order chi connectivity index (χ0) is 14.4. The highest BCUT2D eigenvalue weighted by Crippen LogP contribution is 2.61. The van der Waals surface area contributed by atoms with E-state index in [0.717, 1.165) is 24.2 Å². The van der Waals surface area contributed by atoms with Gasteiger partial charge in [-0.1, -0.05) is 12.1 Å². The molecule has 4 aliphatic carbocycles. The van der Waals surface area contributed by atoms with Crippen LogP contribution in [0.1, 0.15) is 50.5 Å². The molecule has 2 heteroatoms. The van der Waals surface area contributed by atoms with Gasteiger partial charge >= 0.3 is 0 Å². The number of halogens is 1. The molecule has 0 spiro atoms. The third-order valence-corrected chi connectivity index (χ3v) is 6.77. The minimum absolute atomic E-state index is 0.398. The van der Waals surface area contributed by atoms with Gasteiger partial charge in [0.25, 0.3) is 0 Å². The summed E-state index contributed by atoms with van der Waals surface area (Å²) in [6, 6.07) is 8.43. The molecule has 0 amide bonds. The molecule has 0 N–H and O–H groups in total. The molecule has 4 saturated carbocycles. The lowest BCUT2D eigenvalue weighted by Crippen LogP contribution is -2.47. The first-order chi connectivity index (χ1) is 10.1. The van der Waals surface area contributed by atoms with Crippen LogP contribution in [0.3, 0.4) is 0 Å². The van der Waals surface area contributed by atoms with Crippen molar-refractivity contribution in [3.8, 4) is 0 Å². The van der Waals surface area contributed by atoms with Crippen LogP contribution in [-0.4, -0.2) is 5.78 Å². The van der Waals surface area contributed by atoms with E-state index in [9.17, 15) is 4.79 Å². The summed E-state index contributed by atoms with van der Waals surface area (Å²) in [5, 5.41) is 0. The Morgan fingerprint density at radius 1 is 1.00 bits per heavy atom. The third kappa shape index (κ3) is 2.93. The smallest absolute Gasteiger partial charge is 0.137 e. The van der Waals surface area contributed by atoms with Crippen molar-refractivity contribution in [2.24, 2.45) is 23.2 Å². The third-order valence-electron chi connectivity index (χ3n) is 6.05. The van der Waals surface area contributed by atoms with Gasteiger partial charge < -0.3 is 0 Å². The topological polar surface area (TPSA) is 17.1 Å². The van der Waals surface area contributed by atoms with Crippen molar-refractivity contribution in [3.05, 3.63) is 33.4 Å². The van der Waals surface area contributed by atoms with E-state index < -0.39 is 0 Å². The maximum atomic E-state index is 12.6. The molecular weight excluding hydrogens is 371 g/mol. The van der Waals surface area contributed by atoms with E-state index in [1.165, 1.54) is 47.7 Å². The molecule has 1 aromatic carbocycles. The van der Waals surface area contributed by atoms with Crippen molar-refractivity contribution in [2.45, 2.75) is 51.4 Å². The van der Waals surface area contributed by atoms with E-state index >= 15 is 0 Å². The van der Waals surface area contributed by atoms with Gasteiger partial charge in [-0.15, -0.1) is 0 Å². The average Bonchev–Trinajstić information content (AvgIpc) is 2.39. The fourth-order valence-electron chi connectivity index (χ4n) is 5.82. The van der Waals surface area contributed by atoms with Crippen LogP contribution in [0.25, 0.3) is 0 Å². The molecule has 0 aliphatic heterocycles. The highest BCUT2D eigenvalue weighted by atomic mass is 127. The summed E-state index contributed by atoms with van der Waals surface area (Å²) in [7, 11) is 0. The fourth-order valence-corrected chi connectivity index (χ4v) is 6.18. The van der Waals surface area contributed by atoms with Gasteiger partial charge in [-0.2, -0.15) is 0 Å². The maximum absolute atomic E-state index is 12.6. The van der Waals surface area contributed by atoms with Crippen molar-refractivity contribution >= 4 is 28.4 Å². The Bertz CT molecular complexity index is 510. The van der Waals surface area contributed by atoms with Crippen LogP contribution >= 0.6 is 22.6 Å². The second kappa shape index (κ2) is 5.36. The van der Waals surface area contributed by atoms with Crippen LogP contribution in [0.5, 0.6) is 0 Å². The molecule has 0 aromatic heterocycles. The SMILES string of the molecule is O=C(Cc1ccc(I)cc1)CC12CC3CC(CC(C3)C1)C2. The normalized spacial score (nSPS) is 36.9. The Kier molecular flexibility index (Phi) is 3.63. The minimum Gasteiger partial charge on any atom is -0.299 e. The number of hydrogen-bond donors (Lipinski definition) is 0. The zero-order valence-corrected chi connectivity index (χ0v) is 14.6. The van der Waals surface area contributed by atoms with Crippen LogP contribution in [0.4, 0.5) is 0 Å². The van der Waals surface area contributed by atoms with Crippen molar-refractivity contribution in [2.75, 3.05) is 0 Å². The Morgan fingerprint density at radius 2 is 1.52 bits per heavy atom. The number of benzene rings is 1. The van der Waals surface area contributed by atoms with Crippen LogP contribution in [-0.2, 0) is 11.2 Å². The summed E-state index contributed by atoms with van der Waals surface area (Å²) in [5.74, 6) is 3.31. The molecular formula is C19H23IO. The van der Waals surface area contributed by atoms with Gasteiger partial charge in [0.05, 0.1) is 0 Å². The van der Waals surface area contributed by atoms with E-state index in [1.807, 2.05) is 0 Å². The number of hydrogen-bond acceptors (Lipinski definition) is 1. The Hall–Kier alpha value is -0.380. The Balaban J connectivity index is 1.43. The second-order valence-corrected chi connectivity index (χ2v) is 9.18. The number of Topliss-reactive ketones (excluding diaryl/α,β-unsaturated/α-hetero) is 1. The van der Waals surface area contributed by atoms with E-state index in [1.54, 1.807) is 0 Å². The van der Waals surface area contributed by atoms with Crippen molar-refractivity contribution in [3.63, 3.8) is 0 Å². The standard InChI is InChI=1S/C19H23IO/c20-17-3-1-13(2-4-17)8-18(21)12-19-9-14-5-15(10-19)7-16(6-14)11-19/h1-4,14-16H,5-12H2. The molecule has 5 rings (SSSR count). The van der Waals surface area contributed by atoms with Crippen molar-refractivity contribution < 1.29 is 4.79 Å². The molecule has 21 heavy (non-hydrogen) atoms. The van der Waals surface area contributed by atoms with E-state index in [2.05, 4.69) is 46.9 Å². The van der Waals surface area contributed by atoms with Crippen LogP contribution < -0.4 is 0 Å². The van der Waals surface area contributed by atoms with Gasteiger partial charge in [-0.3, -0.25) is 4.79 Å². The molecule has 0 saturated heterocycles. The Labute approximate surface area is 141 Å². The lowest BCUT2D eigenvalue weighted by atomic mass is 9.48. The highest BCUT2D eigenvalue weighted by Gasteiger charge is 2.51. The predicted molar refractivity (Wildman–Crippen MR) is 93.1 cm³/mol. The largest absolute Gasteiger partial charge is 0.299 e. The quantitative estimate of drug-likeness (QED) is 0.657.